The number of aromatic nitrogens is 1. The number of benzene rings is 1. The van der Waals surface area contributed by atoms with E-state index in [0.29, 0.717) is 6.42 Å². The van der Waals surface area contributed by atoms with E-state index < -0.39 is 5.97 Å². The fourth-order valence-corrected chi connectivity index (χ4v) is 2.63. The van der Waals surface area contributed by atoms with E-state index in [1.165, 1.54) is 4.40 Å². The lowest BCUT2D eigenvalue weighted by Crippen LogP contribution is -2.24. The Morgan fingerprint density at radius 3 is 2.57 bits per heavy atom. The monoisotopic (exact) mass is 307 g/mol. The number of hydrogen-bond donors (Lipinski definition) is 0. The van der Waals surface area contributed by atoms with Gasteiger partial charge in [-0.2, -0.15) is 0 Å². The van der Waals surface area contributed by atoms with Crippen molar-refractivity contribution >= 4 is 11.5 Å². The maximum absolute atomic E-state index is 12.5. The summed E-state index contributed by atoms with van der Waals surface area (Å²) in [5, 5.41) is 0. The van der Waals surface area contributed by atoms with Crippen LogP contribution in [0.25, 0.3) is 5.52 Å². The summed E-state index contributed by atoms with van der Waals surface area (Å²) >= 11 is 0. The Balaban J connectivity index is 2.17. The van der Waals surface area contributed by atoms with Crippen molar-refractivity contribution < 1.29 is 9.53 Å². The van der Waals surface area contributed by atoms with E-state index in [0.717, 1.165) is 16.6 Å². The second-order valence-corrected chi connectivity index (χ2v) is 5.23. The van der Waals surface area contributed by atoms with Gasteiger partial charge in [0.25, 0.3) is 5.56 Å². The molecule has 0 aliphatic carbocycles. The van der Waals surface area contributed by atoms with Gasteiger partial charge in [0, 0.05) is 6.20 Å². The van der Waals surface area contributed by atoms with Gasteiger partial charge in [-0.05, 0) is 42.7 Å². The number of ether oxygens (including phenoxy) is 1. The van der Waals surface area contributed by atoms with Gasteiger partial charge >= 0.3 is 5.97 Å². The number of rotatable bonds is 4. The number of hydrogen-bond acceptors (Lipinski definition) is 3. The Morgan fingerprint density at radius 1 is 1.09 bits per heavy atom. The summed E-state index contributed by atoms with van der Waals surface area (Å²) in [7, 11) is 0. The van der Waals surface area contributed by atoms with E-state index in [9.17, 15) is 9.59 Å². The van der Waals surface area contributed by atoms with Crippen molar-refractivity contribution in [3.05, 3.63) is 87.8 Å². The fraction of sp³-hybridized carbons (Fsp3) is 0.158. The molecule has 23 heavy (non-hydrogen) atoms. The van der Waals surface area contributed by atoms with Gasteiger partial charge in [-0.25, -0.2) is 4.79 Å². The van der Waals surface area contributed by atoms with Gasteiger partial charge in [0.05, 0.1) is 12.1 Å². The molecule has 3 aromatic rings. The first-order chi connectivity index (χ1) is 11.2. The van der Waals surface area contributed by atoms with Gasteiger partial charge in [0.2, 0.25) is 0 Å². The topological polar surface area (TPSA) is 47.8 Å². The normalized spacial score (nSPS) is 10.7. The minimum absolute atomic E-state index is 0.0708. The van der Waals surface area contributed by atoms with E-state index in [2.05, 4.69) is 0 Å². The molecule has 0 radical (unpaired) electrons. The third kappa shape index (κ3) is 3.01. The summed E-state index contributed by atoms with van der Waals surface area (Å²) in [6, 6.07) is 17.1. The molecule has 0 saturated carbocycles. The highest BCUT2D eigenvalue weighted by Crippen LogP contribution is 2.16. The van der Waals surface area contributed by atoms with E-state index in [1.54, 1.807) is 25.3 Å². The van der Waals surface area contributed by atoms with Crippen molar-refractivity contribution in [2.75, 3.05) is 6.61 Å². The zero-order valence-corrected chi connectivity index (χ0v) is 12.9. The van der Waals surface area contributed by atoms with Crippen LogP contribution in [0.5, 0.6) is 0 Å². The molecule has 1 aromatic carbocycles. The van der Waals surface area contributed by atoms with Gasteiger partial charge in [-0.1, -0.05) is 36.4 Å². The zero-order valence-electron chi connectivity index (χ0n) is 12.9. The molecule has 0 aliphatic rings. The Bertz CT molecular complexity index is 897. The third-order valence-corrected chi connectivity index (χ3v) is 3.69. The smallest absolute Gasteiger partial charge is 0.343 e. The Kier molecular flexibility index (Phi) is 4.24. The molecule has 0 bridgehead atoms. The standard InChI is InChI=1S/C19H17NO3/c1-2-23-19(22)16-13-15(12-14-8-4-3-5-9-14)17-10-6-7-11-20(17)18(16)21/h3-11,13H,2,12H2,1H3. The Labute approximate surface area is 134 Å². The average molecular weight is 307 g/mol. The summed E-state index contributed by atoms with van der Waals surface area (Å²) in [4.78, 5) is 24.6. The second-order valence-electron chi connectivity index (χ2n) is 5.23. The van der Waals surface area contributed by atoms with Gasteiger partial charge in [-0.3, -0.25) is 9.20 Å². The average Bonchev–Trinajstić information content (AvgIpc) is 2.58. The molecule has 0 saturated heterocycles. The van der Waals surface area contributed by atoms with Crippen LogP contribution in [0.15, 0.2) is 65.6 Å². The van der Waals surface area contributed by atoms with Crippen molar-refractivity contribution in [2.45, 2.75) is 13.3 Å². The van der Waals surface area contributed by atoms with Crippen LogP contribution >= 0.6 is 0 Å². The molecule has 3 rings (SSSR count). The fourth-order valence-electron chi connectivity index (χ4n) is 2.63. The van der Waals surface area contributed by atoms with Crippen LogP contribution in [0.4, 0.5) is 0 Å². The first-order valence-corrected chi connectivity index (χ1v) is 7.55. The van der Waals surface area contributed by atoms with Gasteiger partial charge in [0.15, 0.2) is 0 Å². The largest absolute Gasteiger partial charge is 0.462 e. The van der Waals surface area contributed by atoms with Gasteiger partial charge in [0.1, 0.15) is 5.56 Å². The first kappa shape index (κ1) is 15.0. The summed E-state index contributed by atoms with van der Waals surface area (Å²) in [6.07, 6.45) is 2.32. The summed E-state index contributed by atoms with van der Waals surface area (Å²) in [5.74, 6) is -0.579. The maximum atomic E-state index is 12.5. The molecular weight excluding hydrogens is 290 g/mol. The van der Waals surface area contributed by atoms with Crippen molar-refractivity contribution in [1.29, 1.82) is 0 Å². The molecule has 4 nitrogen and oxygen atoms in total. The first-order valence-electron chi connectivity index (χ1n) is 7.55. The SMILES string of the molecule is CCOC(=O)c1cc(Cc2ccccc2)c2ccccn2c1=O. The second kappa shape index (κ2) is 6.48. The molecule has 0 N–H and O–H groups in total. The van der Waals surface area contributed by atoms with Crippen molar-refractivity contribution in [1.82, 2.24) is 4.40 Å². The van der Waals surface area contributed by atoms with Crippen molar-refractivity contribution in [2.24, 2.45) is 0 Å². The van der Waals surface area contributed by atoms with Gasteiger partial charge < -0.3 is 4.74 Å². The molecule has 0 fully saturated rings. The Morgan fingerprint density at radius 2 is 1.83 bits per heavy atom. The zero-order chi connectivity index (χ0) is 16.2. The van der Waals surface area contributed by atoms with Gasteiger partial charge in [-0.15, -0.1) is 0 Å². The van der Waals surface area contributed by atoms with Crippen LogP contribution in [0.2, 0.25) is 0 Å². The number of carbonyl (C=O) groups excluding carboxylic acids is 1. The predicted molar refractivity (Wildman–Crippen MR) is 88.9 cm³/mol. The van der Waals surface area contributed by atoms with Crippen molar-refractivity contribution in [3.8, 4) is 0 Å². The molecular formula is C19H17NO3. The quantitative estimate of drug-likeness (QED) is 0.696. The summed E-state index contributed by atoms with van der Waals surface area (Å²) in [5.41, 5.74) is 2.55. The number of pyridine rings is 2. The highest BCUT2D eigenvalue weighted by molar-refractivity contribution is 5.90. The molecule has 0 spiro atoms. The highest BCUT2D eigenvalue weighted by Gasteiger charge is 2.16. The van der Waals surface area contributed by atoms with Crippen LogP contribution in [-0.2, 0) is 11.2 Å². The predicted octanol–water partition coefficient (Wildman–Crippen LogP) is 3.07. The number of esters is 1. The van der Waals surface area contributed by atoms with E-state index in [-0.39, 0.29) is 17.7 Å². The highest BCUT2D eigenvalue weighted by atomic mass is 16.5. The molecule has 2 heterocycles. The number of nitrogens with zero attached hydrogens (tertiary/aromatic N) is 1. The van der Waals surface area contributed by atoms with Crippen LogP contribution < -0.4 is 5.56 Å². The lowest BCUT2D eigenvalue weighted by atomic mass is 10.0. The maximum Gasteiger partial charge on any atom is 0.343 e. The van der Waals surface area contributed by atoms with E-state index in [4.69, 9.17) is 4.74 Å². The molecule has 116 valence electrons. The molecule has 0 aliphatic heterocycles. The van der Waals surface area contributed by atoms with Crippen molar-refractivity contribution in [3.63, 3.8) is 0 Å². The molecule has 0 atom stereocenters. The van der Waals surface area contributed by atoms with E-state index in [1.807, 2.05) is 42.5 Å². The lowest BCUT2D eigenvalue weighted by molar-refractivity contribution is 0.0524. The number of carbonyl (C=O) groups is 1. The minimum Gasteiger partial charge on any atom is -0.462 e. The van der Waals surface area contributed by atoms with Crippen LogP contribution in [0, 0.1) is 0 Å². The minimum atomic E-state index is -0.579. The van der Waals surface area contributed by atoms with Crippen LogP contribution in [0.1, 0.15) is 28.4 Å². The molecule has 0 amide bonds. The summed E-state index contributed by atoms with van der Waals surface area (Å²) < 4.78 is 6.52. The Hall–Kier alpha value is -2.88. The molecule has 2 aromatic heterocycles. The van der Waals surface area contributed by atoms with Crippen LogP contribution in [0.3, 0.4) is 0 Å². The van der Waals surface area contributed by atoms with Crippen LogP contribution in [-0.4, -0.2) is 17.0 Å². The van der Waals surface area contributed by atoms with E-state index >= 15 is 0 Å². The molecule has 0 unspecified atom stereocenters. The summed E-state index contributed by atoms with van der Waals surface area (Å²) in [6.45, 7) is 1.96. The molecule has 4 heteroatoms. The number of fused-ring (bicyclic) bond motifs is 1. The lowest BCUT2D eigenvalue weighted by Gasteiger charge is -2.11. The third-order valence-electron chi connectivity index (χ3n) is 3.69.